The van der Waals surface area contributed by atoms with Crippen LogP contribution in [0, 0.1) is 0 Å². The Morgan fingerprint density at radius 3 is 3.00 bits per heavy atom. The summed E-state index contributed by atoms with van der Waals surface area (Å²) in [6.45, 7) is 1.55. The van der Waals surface area contributed by atoms with Crippen molar-refractivity contribution in [2.75, 3.05) is 19.8 Å². The molecule has 1 heterocycles. The van der Waals surface area contributed by atoms with Gasteiger partial charge in [0.05, 0.1) is 12.7 Å². The predicted octanol–water partition coefficient (Wildman–Crippen LogP) is -0.163. The van der Waals surface area contributed by atoms with Crippen molar-refractivity contribution < 1.29 is 4.39 Å². The zero-order valence-electron chi connectivity index (χ0n) is 6.20. The second-order valence-electron chi connectivity index (χ2n) is 2.11. The maximum atomic E-state index is 11.6. The van der Waals surface area contributed by atoms with Gasteiger partial charge in [0.2, 0.25) is 0 Å². The van der Waals surface area contributed by atoms with Crippen LogP contribution in [0.5, 0.6) is 0 Å². The SMILES string of the molecule is FCCNCCn1ccnn1. The van der Waals surface area contributed by atoms with E-state index in [2.05, 4.69) is 15.6 Å². The van der Waals surface area contributed by atoms with Gasteiger partial charge in [0.15, 0.2) is 0 Å². The van der Waals surface area contributed by atoms with Crippen LogP contribution in [0.3, 0.4) is 0 Å². The van der Waals surface area contributed by atoms with Gasteiger partial charge in [-0.25, -0.2) is 4.39 Å². The molecule has 1 aromatic rings. The molecule has 0 atom stereocenters. The van der Waals surface area contributed by atoms with Crippen molar-refractivity contribution in [3.05, 3.63) is 12.4 Å². The van der Waals surface area contributed by atoms with E-state index in [4.69, 9.17) is 0 Å². The maximum Gasteiger partial charge on any atom is 0.102 e. The predicted molar refractivity (Wildman–Crippen MR) is 38.9 cm³/mol. The molecule has 0 fully saturated rings. The first-order valence-corrected chi connectivity index (χ1v) is 3.54. The molecule has 0 unspecified atom stereocenters. The maximum absolute atomic E-state index is 11.6. The highest BCUT2D eigenvalue weighted by Crippen LogP contribution is 1.78. The largest absolute Gasteiger partial charge is 0.312 e. The molecule has 4 nitrogen and oxygen atoms in total. The first kappa shape index (κ1) is 8.13. The molecule has 0 aliphatic rings. The Balaban J connectivity index is 2.04. The standard InChI is InChI=1S/C6H11FN4/c7-1-2-8-3-5-11-6-4-9-10-11/h4,6,8H,1-3,5H2. The third-order valence-electron chi connectivity index (χ3n) is 1.26. The summed E-state index contributed by atoms with van der Waals surface area (Å²) in [6.07, 6.45) is 3.40. The second-order valence-corrected chi connectivity index (χ2v) is 2.11. The van der Waals surface area contributed by atoms with Crippen molar-refractivity contribution >= 4 is 0 Å². The van der Waals surface area contributed by atoms with Gasteiger partial charge < -0.3 is 5.32 Å². The van der Waals surface area contributed by atoms with Crippen LogP contribution < -0.4 is 5.32 Å². The van der Waals surface area contributed by atoms with E-state index >= 15 is 0 Å². The summed E-state index contributed by atoms with van der Waals surface area (Å²) >= 11 is 0. The van der Waals surface area contributed by atoms with E-state index in [0.29, 0.717) is 6.54 Å². The van der Waals surface area contributed by atoms with Gasteiger partial charge in [0.25, 0.3) is 0 Å². The van der Waals surface area contributed by atoms with Crippen LogP contribution in [0.25, 0.3) is 0 Å². The molecule has 0 saturated carbocycles. The fourth-order valence-corrected chi connectivity index (χ4v) is 0.737. The third-order valence-corrected chi connectivity index (χ3v) is 1.26. The van der Waals surface area contributed by atoms with Crippen molar-refractivity contribution in [1.82, 2.24) is 20.3 Å². The highest BCUT2D eigenvalue weighted by atomic mass is 19.1. The molecule has 11 heavy (non-hydrogen) atoms. The van der Waals surface area contributed by atoms with Crippen LogP contribution in [0.1, 0.15) is 0 Å². The van der Waals surface area contributed by atoms with Crippen LogP contribution in [-0.4, -0.2) is 34.8 Å². The summed E-state index contributed by atoms with van der Waals surface area (Å²) in [5.41, 5.74) is 0. The van der Waals surface area contributed by atoms with Gasteiger partial charge in [0.1, 0.15) is 6.67 Å². The first-order chi connectivity index (χ1) is 5.43. The Morgan fingerprint density at radius 2 is 2.36 bits per heavy atom. The molecular weight excluding hydrogens is 147 g/mol. The molecule has 5 heteroatoms. The summed E-state index contributed by atoms with van der Waals surface area (Å²) in [4.78, 5) is 0. The van der Waals surface area contributed by atoms with Gasteiger partial charge in [0, 0.05) is 19.3 Å². The molecule has 0 amide bonds. The van der Waals surface area contributed by atoms with E-state index in [-0.39, 0.29) is 6.67 Å². The summed E-state index contributed by atoms with van der Waals surface area (Å²) in [6, 6.07) is 0. The van der Waals surface area contributed by atoms with E-state index in [1.165, 1.54) is 0 Å². The van der Waals surface area contributed by atoms with Crippen molar-refractivity contribution in [3.8, 4) is 0 Å². The van der Waals surface area contributed by atoms with Gasteiger partial charge in [-0.15, -0.1) is 5.10 Å². The zero-order valence-corrected chi connectivity index (χ0v) is 6.20. The van der Waals surface area contributed by atoms with Crippen molar-refractivity contribution in [2.24, 2.45) is 0 Å². The van der Waals surface area contributed by atoms with Crippen LogP contribution >= 0.6 is 0 Å². The van der Waals surface area contributed by atoms with Gasteiger partial charge in [-0.1, -0.05) is 5.21 Å². The van der Waals surface area contributed by atoms with Crippen LogP contribution in [0.2, 0.25) is 0 Å². The fraction of sp³-hybridized carbons (Fsp3) is 0.667. The van der Waals surface area contributed by atoms with E-state index in [0.717, 1.165) is 13.1 Å². The molecule has 0 aromatic carbocycles. The van der Waals surface area contributed by atoms with E-state index in [1.54, 1.807) is 17.1 Å². The molecule has 0 bridgehead atoms. The van der Waals surface area contributed by atoms with Gasteiger partial charge in [-0.3, -0.25) is 4.68 Å². The number of rotatable bonds is 5. The summed E-state index contributed by atoms with van der Waals surface area (Å²) in [5, 5.41) is 10.3. The number of hydrogen-bond donors (Lipinski definition) is 1. The number of halogens is 1. The topological polar surface area (TPSA) is 42.7 Å². The van der Waals surface area contributed by atoms with Gasteiger partial charge >= 0.3 is 0 Å². The molecule has 1 rings (SSSR count). The molecule has 0 aliphatic heterocycles. The van der Waals surface area contributed by atoms with Crippen LogP contribution in [0.15, 0.2) is 12.4 Å². The quantitative estimate of drug-likeness (QED) is 0.605. The van der Waals surface area contributed by atoms with Gasteiger partial charge in [-0.05, 0) is 0 Å². The minimum atomic E-state index is -0.322. The monoisotopic (exact) mass is 158 g/mol. The summed E-state index contributed by atoms with van der Waals surface area (Å²) in [5.74, 6) is 0. The first-order valence-electron chi connectivity index (χ1n) is 3.54. The molecule has 0 radical (unpaired) electrons. The minimum Gasteiger partial charge on any atom is -0.312 e. The number of aromatic nitrogens is 3. The average Bonchev–Trinajstić information content (AvgIpc) is 2.50. The molecule has 1 aromatic heterocycles. The van der Waals surface area contributed by atoms with Crippen molar-refractivity contribution in [1.29, 1.82) is 0 Å². The average molecular weight is 158 g/mol. The number of nitrogens with zero attached hydrogens (tertiary/aromatic N) is 3. The molecular formula is C6H11FN4. The lowest BCUT2D eigenvalue weighted by Gasteiger charge is -2.00. The van der Waals surface area contributed by atoms with Gasteiger partial charge in [-0.2, -0.15) is 0 Å². The molecule has 1 N–H and O–H groups in total. The van der Waals surface area contributed by atoms with E-state index in [1.807, 2.05) is 0 Å². The Kier molecular flexibility index (Phi) is 3.54. The van der Waals surface area contributed by atoms with E-state index < -0.39 is 0 Å². The summed E-state index contributed by atoms with van der Waals surface area (Å²) in [7, 11) is 0. The van der Waals surface area contributed by atoms with Crippen LogP contribution in [-0.2, 0) is 6.54 Å². The van der Waals surface area contributed by atoms with Crippen molar-refractivity contribution in [2.45, 2.75) is 6.54 Å². The number of nitrogens with one attached hydrogen (secondary N) is 1. The molecule has 0 saturated heterocycles. The zero-order chi connectivity index (χ0) is 7.94. The van der Waals surface area contributed by atoms with E-state index in [9.17, 15) is 4.39 Å². The number of alkyl halides is 1. The molecule has 62 valence electrons. The van der Waals surface area contributed by atoms with Crippen molar-refractivity contribution in [3.63, 3.8) is 0 Å². The fourth-order valence-electron chi connectivity index (χ4n) is 0.737. The Labute approximate surface area is 64.4 Å². The lowest BCUT2D eigenvalue weighted by molar-refractivity contribution is 0.453. The molecule has 0 spiro atoms. The third kappa shape index (κ3) is 3.08. The highest BCUT2D eigenvalue weighted by Gasteiger charge is 1.89. The molecule has 0 aliphatic carbocycles. The lowest BCUT2D eigenvalue weighted by Crippen LogP contribution is -2.22. The Hall–Kier alpha value is -0.970. The highest BCUT2D eigenvalue weighted by molar-refractivity contribution is 4.64. The Morgan fingerprint density at radius 1 is 1.45 bits per heavy atom. The smallest absolute Gasteiger partial charge is 0.102 e. The normalized spacial score (nSPS) is 10.3. The second kappa shape index (κ2) is 4.79. The number of hydrogen-bond acceptors (Lipinski definition) is 3. The Bertz CT molecular complexity index is 175. The van der Waals surface area contributed by atoms with Crippen LogP contribution in [0.4, 0.5) is 4.39 Å². The lowest BCUT2D eigenvalue weighted by atomic mass is 10.6. The summed E-state index contributed by atoms with van der Waals surface area (Å²) < 4.78 is 13.3. The minimum absolute atomic E-state index is 0.322.